The Balaban J connectivity index is 1.90. The van der Waals surface area contributed by atoms with E-state index in [-0.39, 0.29) is 17.9 Å². The van der Waals surface area contributed by atoms with Gasteiger partial charge in [-0.15, -0.1) is 0 Å². The van der Waals surface area contributed by atoms with Crippen LogP contribution < -0.4 is 10.6 Å². The highest BCUT2D eigenvalue weighted by Gasteiger charge is 2.23. The summed E-state index contributed by atoms with van der Waals surface area (Å²) in [6.45, 7) is 1.75. The predicted octanol–water partition coefficient (Wildman–Crippen LogP) is 1.35. The molecule has 22 heavy (non-hydrogen) atoms. The highest BCUT2D eigenvalue weighted by Crippen LogP contribution is 2.13. The molecule has 6 nitrogen and oxygen atoms in total. The van der Waals surface area contributed by atoms with E-state index in [1.165, 1.54) is 6.92 Å². The molecule has 2 amide bonds. The summed E-state index contributed by atoms with van der Waals surface area (Å²) in [6, 6.07) is 8.95. The highest BCUT2D eigenvalue weighted by atomic mass is 79.9. The molecule has 0 aromatic heterocycles. The van der Waals surface area contributed by atoms with Crippen LogP contribution in [0.5, 0.6) is 0 Å². The number of oxime groups is 1. The zero-order valence-corrected chi connectivity index (χ0v) is 13.8. The van der Waals surface area contributed by atoms with Crippen LogP contribution in [0.15, 0.2) is 35.5 Å². The summed E-state index contributed by atoms with van der Waals surface area (Å²) in [7, 11) is 0. The molecular formula is C15H18BrN3O3. The van der Waals surface area contributed by atoms with Gasteiger partial charge >= 0.3 is 0 Å². The van der Waals surface area contributed by atoms with Crippen molar-refractivity contribution in [3.05, 3.63) is 35.9 Å². The second kappa shape index (κ2) is 7.93. The lowest BCUT2D eigenvalue weighted by Crippen LogP contribution is -2.48. The molecule has 0 spiro atoms. The Labute approximate surface area is 137 Å². The lowest BCUT2D eigenvalue weighted by atomic mass is 10.1. The summed E-state index contributed by atoms with van der Waals surface area (Å²) in [5, 5.41) is 9.25. The molecule has 1 heterocycles. The third-order valence-corrected chi connectivity index (χ3v) is 3.65. The second-order valence-corrected chi connectivity index (χ2v) is 6.00. The molecule has 1 unspecified atom stereocenters. The zero-order chi connectivity index (χ0) is 15.9. The fraction of sp³-hybridized carbons (Fsp3) is 0.400. The third-order valence-electron chi connectivity index (χ3n) is 3.18. The van der Waals surface area contributed by atoms with E-state index in [1.54, 1.807) is 0 Å². The number of benzene rings is 1. The van der Waals surface area contributed by atoms with E-state index in [9.17, 15) is 9.59 Å². The average molecular weight is 368 g/mol. The van der Waals surface area contributed by atoms with Gasteiger partial charge in [0.25, 0.3) is 0 Å². The third kappa shape index (κ3) is 5.14. The minimum absolute atomic E-state index is 0.173. The second-order valence-electron chi connectivity index (χ2n) is 5.09. The van der Waals surface area contributed by atoms with Gasteiger partial charge in [0.2, 0.25) is 11.8 Å². The van der Waals surface area contributed by atoms with E-state index in [1.807, 2.05) is 30.3 Å². The van der Waals surface area contributed by atoms with Crippen LogP contribution in [0.3, 0.4) is 0 Å². The zero-order valence-electron chi connectivity index (χ0n) is 12.2. The molecule has 1 aliphatic rings. The van der Waals surface area contributed by atoms with Crippen LogP contribution in [0.25, 0.3) is 0 Å². The molecule has 7 heteroatoms. The van der Waals surface area contributed by atoms with Gasteiger partial charge in [0.15, 0.2) is 6.10 Å². The molecule has 0 radical (unpaired) electrons. The maximum absolute atomic E-state index is 12.3. The number of hydrogen-bond donors (Lipinski definition) is 2. The van der Waals surface area contributed by atoms with E-state index in [0.717, 1.165) is 10.2 Å². The van der Waals surface area contributed by atoms with Crippen molar-refractivity contribution in [2.24, 2.45) is 5.16 Å². The maximum Gasteiger partial charge on any atom is 0.243 e. The molecule has 0 saturated carbocycles. The Morgan fingerprint density at radius 3 is 2.73 bits per heavy atom. The summed E-state index contributed by atoms with van der Waals surface area (Å²) in [5.74, 6) is -0.468. The first-order chi connectivity index (χ1) is 10.5. The van der Waals surface area contributed by atoms with Gasteiger partial charge in [-0.05, 0) is 21.5 Å². The number of nitrogens with one attached hydrogen (secondary N) is 2. The molecular weight excluding hydrogens is 350 g/mol. The van der Waals surface area contributed by atoms with Gasteiger partial charge in [0.05, 0.1) is 6.54 Å². The Morgan fingerprint density at radius 1 is 1.41 bits per heavy atom. The summed E-state index contributed by atoms with van der Waals surface area (Å²) < 4.78 is 0.731. The van der Waals surface area contributed by atoms with Crippen LogP contribution in [0.1, 0.15) is 18.9 Å². The van der Waals surface area contributed by atoms with E-state index < -0.39 is 6.04 Å². The fourth-order valence-electron chi connectivity index (χ4n) is 2.15. The molecule has 2 atom stereocenters. The Hall–Kier alpha value is -1.89. The maximum atomic E-state index is 12.3. The predicted molar refractivity (Wildman–Crippen MR) is 86.6 cm³/mol. The van der Waals surface area contributed by atoms with Gasteiger partial charge in [-0.2, -0.15) is 0 Å². The van der Waals surface area contributed by atoms with Gasteiger partial charge in [0, 0.05) is 19.8 Å². The Kier molecular flexibility index (Phi) is 5.94. The Bertz CT molecular complexity index is 562. The molecule has 0 fully saturated rings. The number of hydrogen-bond acceptors (Lipinski definition) is 4. The molecule has 1 aliphatic heterocycles. The summed E-state index contributed by atoms with van der Waals surface area (Å²) in [4.78, 5) is 28.7. The molecule has 0 aliphatic carbocycles. The number of halogens is 1. The van der Waals surface area contributed by atoms with Crippen LogP contribution >= 0.6 is 15.9 Å². The molecule has 0 saturated heterocycles. The van der Waals surface area contributed by atoms with Gasteiger partial charge in [-0.1, -0.05) is 35.5 Å². The highest BCUT2D eigenvalue weighted by molar-refractivity contribution is 9.18. The van der Waals surface area contributed by atoms with Crippen LogP contribution in [0.4, 0.5) is 0 Å². The van der Waals surface area contributed by atoms with Gasteiger partial charge < -0.3 is 15.5 Å². The van der Waals surface area contributed by atoms with Crippen LogP contribution in [0, 0.1) is 0 Å². The lowest BCUT2D eigenvalue weighted by molar-refractivity contribution is -0.128. The molecule has 2 N–H and O–H groups in total. The van der Waals surface area contributed by atoms with Crippen molar-refractivity contribution in [2.75, 3.05) is 6.54 Å². The van der Waals surface area contributed by atoms with Gasteiger partial charge in [-0.25, -0.2) is 0 Å². The van der Waals surface area contributed by atoms with Crippen LogP contribution in [0.2, 0.25) is 0 Å². The molecule has 1 aromatic rings. The van der Waals surface area contributed by atoms with Crippen LogP contribution in [-0.4, -0.2) is 35.1 Å². The van der Waals surface area contributed by atoms with Crippen molar-refractivity contribution in [2.45, 2.75) is 31.9 Å². The standard InChI is InChI=1S/C15H18BrN3O3/c1-10(20)18-13(7-11-5-3-2-4-6-11)15(21)17-9-12-8-14(16)19-22-12/h2-6,12-13H,7-9H2,1H3,(H,17,21)(H,18,20)/t12?,13-/m0/s1. The number of carbonyl (C=O) groups excluding carboxylic acids is 2. The molecule has 0 bridgehead atoms. The Morgan fingerprint density at radius 2 is 2.14 bits per heavy atom. The molecule has 1 aromatic carbocycles. The van der Waals surface area contributed by atoms with Crippen LogP contribution in [-0.2, 0) is 20.8 Å². The first-order valence-corrected chi connectivity index (χ1v) is 7.81. The van der Waals surface area contributed by atoms with E-state index in [0.29, 0.717) is 19.4 Å². The fourth-order valence-corrected chi connectivity index (χ4v) is 2.59. The summed E-state index contributed by atoms with van der Waals surface area (Å²) >= 11 is 3.25. The van der Waals surface area contributed by atoms with E-state index >= 15 is 0 Å². The quantitative estimate of drug-likeness (QED) is 0.796. The van der Waals surface area contributed by atoms with Crippen molar-refractivity contribution >= 4 is 32.4 Å². The average Bonchev–Trinajstić information content (AvgIpc) is 2.90. The first-order valence-electron chi connectivity index (χ1n) is 7.01. The number of amides is 2. The minimum atomic E-state index is -0.606. The van der Waals surface area contributed by atoms with Gasteiger partial charge in [-0.3, -0.25) is 9.59 Å². The van der Waals surface area contributed by atoms with Gasteiger partial charge in [0.1, 0.15) is 10.7 Å². The van der Waals surface area contributed by atoms with Crippen molar-refractivity contribution in [3.63, 3.8) is 0 Å². The monoisotopic (exact) mass is 367 g/mol. The number of carbonyl (C=O) groups is 2. The van der Waals surface area contributed by atoms with E-state index in [2.05, 4.69) is 31.7 Å². The first kappa shape index (κ1) is 16.5. The number of nitrogens with zero attached hydrogens (tertiary/aromatic N) is 1. The van der Waals surface area contributed by atoms with Crippen molar-refractivity contribution in [1.29, 1.82) is 0 Å². The lowest BCUT2D eigenvalue weighted by Gasteiger charge is -2.18. The topological polar surface area (TPSA) is 79.8 Å². The molecule has 2 rings (SSSR count). The largest absolute Gasteiger partial charge is 0.390 e. The smallest absolute Gasteiger partial charge is 0.243 e. The SMILES string of the molecule is CC(=O)N[C@@H](Cc1ccccc1)C(=O)NCC1CC(Br)=NO1. The summed E-state index contributed by atoms with van der Waals surface area (Å²) in [5.41, 5.74) is 0.986. The van der Waals surface area contributed by atoms with Crippen molar-refractivity contribution in [1.82, 2.24) is 10.6 Å². The number of rotatable bonds is 6. The molecule has 118 valence electrons. The van der Waals surface area contributed by atoms with Crippen molar-refractivity contribution < 1.29 is 14.4 Å². The van der Waals surface area contributed by atoms with Crippen molar-refractivity contribution in [3.8, 4) is 0 Å². The van der Waals surface area contributed by atoms with E-state index in [4.69, 9.17) is 4.84 Å². The minimum Gasteiger partial charge on any atom is -0.390 e. The summed E-state index contributed by atoms with van der Waals surface area (Å²) in [6.07, 6.45) is 0.898. The normalized spacial score (nSPS) is 18.1.